The number of benzene rings is 1. The van der Waals surface area contributed by atoms with E-state index >= 15 is 0 Å². The van der Waals surface area contributed by atoms with Crippen LogP contribution in [0.3, 0.4) is 0 Å². The van der Waals surface area contributed by atoms with E-state index in [1.54, 1.807) is 0 Å². The van der Waals surface area contributed by atoms with E-state index < -0.39 is 0 Å². The molecule has 2 heteroatoms. The first-order valence-corrected chi connectivity index (χ1v) is 6.52. The Labute approximate surface area is 110 Å². The summed E-state index contributed by atoms with van der Waals surface area (Å²) >= 11 is 0. The predicted molar refractivity (Wildman–Crippen MR) is 74.7 cm³/mol. The van der Waals surface area contributed by atoms with E-state index in [4.69, 9.17) is 4.74 Å². The lowest BCUT2D eigenvalue weighted by Gasteiger charge is -2.25. The van der Waals surface area contributed by atoms with Crippen molar-refractivity contribution in [3.05, 3.63) is 34.4 Å². The van der Waals surface area contributed by atoms with Gasteiger partial charge >= 0.3 is 5.97 Å². The van der Waals surface area contributed by atoms with Crippen LogP contribution in [0.25, 0.3) is 0 Å². The fourth-order valence-corrected chi connectivity index (χ4v) is 2.30. The van der Waals surface area contributed by atoms with Crippen LogP contribution in [0.5, 0.6) is 0 Å². The number of carbonyl (C=O) groups excluding carboxylic acids is 1. The lowest BCUT2D eigenvalue weighted by Crippen LogP contribution is -2.16. The predicted octanol–water partition coefficient (Wildman–Crippen LogP) is 3.92. The van der Waals surface area contributed by atoms with Gasteiger partial charge in [0.05, 0.1) is 0 Å². The van der Waals surface area contributed by atoms with E-state index in [0.29, 0.717) is 6.61 Å². The van der Waals surface area contributed by atoms with Gasteiger partial charge in [0, 0.05) is 6.92 Å². The summed E-state index contributed by atoms with van der Waals surface area (Å²) in [4.78, 5) is 10.9. The molecule has 0 heterocycles. The highest BCUT2D eigenvalue weighted by Gasteiger charge is 2.19. The molecule has 1 aromatic carbocycles. The van der Waals surface area contributed by atoms with Gasteiger partial charge in [-0.25, -0.2) is 0 Å². The first-order chi connectivity index (χ1) is 8.25. The molecular formula is C16H24O2. The van der Waals surface area contributed by atoms with Gasteiger partial charge in [-0.3, -0.25) is 4.79 Å². The Morgan fingerprint density at radius 3 is 2.33 bits per heavy atom. The van der Waals surface area contributed by atoms with Gasteiger partial charge in [0.1, 0.15) is 6.61 Å². The fourth-order valence-electron chi connectivity index (χ4n) is 2.30. The Morgan fingerprint density at radius 2 is 1.89 bits per heavy atom. The molecule has 0 bridgehead atoms. The summed E-state index contributed by atoms with van der Waals surface area (Å²) in [6.45, 7) is 12.8. The second kappa shape index (κ2) is 5.55. The molecule has 0 spiro atoms. The number of hydrogen-bond donors (Lipinski definition) is 0. The maximum absolute atomic E-state index is 10.9. The lowest BCUT2D eigenvalue weighted by molar-refractivity contribution is -0.142. The monoisotopic (exact) mass is 248 g/mol. The minimum absolute atomic E-state index is 0.113. The standard InChI is InChI=1S/C16H24O2/c1-7-14-11(2)8-13(10-18-12(3)17)9-15(14)16(4,5)6/h8-9H,7,10H2,1-6H3. The van der Waals surface area contributed by atoms with Crippen LogP contribution in [0.1, 0.15) is 56.9 Å². The number of esters is 1. The number of carbonyl (C=O) groups is 1. The summed E-state index contributed by atoms with van der Waals surface area (Å²) in [6.07, 6.45) is 1.03. The van der Waals surface area contributed by atoms with Gasteiger partial charge in [0.25, 0.3) is 0 Å². The molecule has 0 aliphatic rings. The molecular weight excluding hydrogens is 224 g/mol. The maximum Gasteiger partial charge on any atom is 0.302 e. The van der Waals surface area contributed by atoms with Crippen molar-refractivity contribution < 1.29 is 9.53 Å². The van der Waals surface area contributed by atoms with Crippen molar-refractivity contribution in [3.63, 3.8) is 0 Å². The van der Waals surface area contributed by atoms with E-state index in [1.807, 2.05) is 0 Å². The van der Waals surface area contributed by atoms with Gasteiger partial charge in [0.15, 0.2) is 0 Å². The van der Waals surface area contributed by atoms with Crippen LogP contribution in [0.2, 0.25) is 0 Å². The Bertz CT molecular complexity index is 439. The van der Waals surface area contributed by atoms with Crippen molar-refractivity contribution in [2.24, 2.45) is 0 Å². The smallest absolute Gasteiger partial charge is 0.302 e. The summed E-state index contributed by atoms with van der Waals surface area (Å²) in [6, 6.07) is 4.30. The molecule has 18 heavy (non-hydrogen) atoms. The quantitative estimate of drug-likeness (QED) is 0.758. The van der Waals surface area contributed by atoms with Crippen molar-refractivity contribution in [2.75, 3.05) is 0 Å². The molecule has 0 saturated heterocycles. The Balaban J connectivity index is 3.18. The highest BCUT2D eigenvalue weighted by molar-refractivity contribution is 5.66. The molecule has 0 atom stereocenters. The zero-order valence-electron chi connectivity index (χ0n) is 12.4. The number of rotatable bonds is 3. The first kappa shape index (κ1) is 14.7. The molecule has 100 valence electrons. The molecule has 0 amide bonds. The molecule has 1 rings (SSSR count). The van der Waals surface area contributed by atoms with Crippen molar-refractivity contribution in [1.29, 1.82) is 0 Å². The van der Waals surface area contributed by atoms with Gasteiger partial charge in [-0.1, -0.05) is 39.8 Å². The van der Waals surface area contributed by atoms with Crippen LogP contribution in [0.15, 0.2) is 12.1 Å². The summed E-state index contributed by atoms with van der Waals surface area (Å²) in [7, 11) is 0. The maximum atomic E-state index is 10.9. The Hall–Kier alpha value is -1.31. The van der Waals surface area contributed by atoms with Gasteiger partial charge in [-0.15, -0.1) is 0 Å². The Morgan fingerprint density at radius 1 is 1.28 bits per heavy atom. The van der Waals surface area contributed by atoms with Crippen LogP contribution in [-0.4, -0.2) is 5.97 Å². The largest absolute Gasteiger partial charge is 0.461 e. The molecule has 0 N–H and O–H groups in total. The zero-order chi connectivity index (χ0) is 13.9. The minimum Gasteiger partial charge on any atom is -0.461 e. The molecule has 0 saturated carbocycles. The molecule has 0 unspecified atom stereocenters. The van der Waals surface area contributed by atoms with Gasteiger partial charge in [-0.2, -0.15) is 0 Å². The average molecular weight is 248 g/mol. The van der Waals surface area contributed by atoms with Gasteiger partial charge in [-0.05, 0) is 41.0 Å². The number of hydrogen-bond acceptors (Lipinski definition) is 2. The summed E-state index contributed by atoms with van der Waals surface area (Å²) in [5.74, 6) is -0.232. The van der Waals surface area contributed by atoms with Crippen LogP contribution >= 0.6 is 0 Å². The van der Waals surface area contributed by atoms with E-state index in [2.05, 4.69) is 46.8 Å². The number of ether oxygens (including phenoxy) is 1. The normalized spacial score (nSPS) is 11.4. The van der Waals surface area contributed by atoms with Crippen LogP contribution in [0, 0.1) is 6.92 Å². The van der Waals surface area contributed by atoms with E-state index in [0.717, 1.165) is 12.0 Å². The van der Waals surface area contributed by atoms with Gasteiger partial charge in [0.2, 0.25) is 0 Å². The second-order valence-corrected chi connectivity index (χ2v) is 5.82. The van der Waals surface area contributed by atoms with Crippen molar-refractivity contribution in [2.45, 2.75) is 60.0 Å². The molecule has 0 fully saturated rings. The van der Waals surface area contributed by atoms with Crippen LogP contribution < -0.4 is 0 Å². The minimum atomic E-state index is -0.232. The van der Waals surface area contributed by atoms with E-state index in [9.17, 15) is 4.79 Å². The third kappa shape index (κ3) is 3.59. The van der Waals surface area contributed by atoms with Crippen molar-refractivity contribution >= 4 is 5.97 Å². The van der Waals surface area contributed by atoms with E-state index in [1.165, 1.54) is 23.6 Å². The lowest BCUT2D eigenvalue weighted by atomic mass is 9.80. The number of aryl methyl sites for hydroxylation is 1. The first-order valence-electron chi connectivity index (χ1n) is 6.52. The Kier molecular flexibility index (Phi) is 4.55. The molecule has 0 aliphatic heterocycles. The van der Waals surface area contributed by atoms with Crippen LogP contribution in [0.4, 0.5) is 0 Å². The second-order valence-electron chi connectivity index (χ2n) is 5.82. The molecule has 1 aromatic rings. The highest BCUT2D eigenvalue weighted by Crippen LogP contribution is 2.30. The van der Waals surface area contributed by atoms with Crippen LogP contribution in [-0.2, 0) is 28.0 Å². The summed E-state index contributed by atoms with van der Waals surface area (Å²) in [5, 5.41) is 0. The molecule has 0 aromatic heterocycles. The van der Waals surface area contributed by atoms with E-state index in [-0.39, 0.29) is 11.4 Å². The fraction of sp³-hybridized carbons (Fsp3) is 0.562. The molecule has 2 nitrogen and oxygen atoms in total. The van der Waals surface area contributed by atoms with Crippen molar-refractivity contribution in [3.8, 4) is 0 Å². The highest BCUT2D eigenvalue weighted by atomic mass is 16.5. The summed E-state index contributed by atoms with van der Waals surface area (Å²) in [5.41, 5.74) is 5.24. The summed E-state index contributed by atoms with van der Waals surface area (Å²) < 4.78 is 5.09. The topological polar surface area (TPSA) is 26.3 Å². The average Bonchev–Trinajstić information content (AvgIpc) is 2.24. The molecule has 0 aliphatic carbocycles. The van der Waals surface area contributed by atoms with Gasteiger partial charge < -0.3 is 4.74 Å². The SMILES string of the molecule is CCc1c(C)cc(COC(C)=O)cc1C(C)(C)C. The third-order valence-electron chi connectivity index (χ3n) is 3.14. The third-order valence-corrected chi connectivity index (χ3v) is 3.14. The van der Waals surface area contributed by atoms with Crippen molar-refractivity contribution in [1.82, 2.24) is 0 Å². The molecule has 0 radical (unpaired) electrons. The zero-order valence-corrected chi connectivity index (χ0v) is 12.4.